The summed E-state index contributed by atoms with van der Waals surface area (Å²) in [5.41, 5.74) is 0.628. The second-order valence-electron chi connectivity index (χ2n) is 5.48. The number of nitrogens with zero attached hydrogens (tertiary/aromatic N) is 1. The van der Waals surface area contributed by atoms with Gasteiger partial charge in [0.1, 0.15) is 5.75 Å². The lowest BCUT2D eigenvalue weighted by molar-refractivity contribution is -0.147. The lowest BCUT2D eigenvalue weighted by atomic mass is 10.1. The Kier molecular flexibility index (Phi) is 6.68. The summed E-state index contributed by atoms with van der Waals surface area (Å²) < 4.78 is 20.7. The van der Waals surface area contributed by atoms with Crippen LogP contribution in [0.15, 0.2) is 18.2 Å². The first-order valence-corrected chi connectivity index (χ1v) is 8.01. The van der Waals surface area contributed by atoms with E-state index in [4.69, 9.17) is 18.9 Å². The van der Waals surface area contributed by atoms with Gasteiger partial charge in [-0.25, -0.2) is 4.79 Å². The molecule has 1 aromatic rings. The standard InChI is InChI=1S/C18H23NO6/c1-22-14-11-16(24-3)15(23-2)10-13(14)6-7-18(21)25-12-17(20)19-8-4-5-9-19/h6-7,10-11H,4-5,8-9,12H2,1-3H3/b7-6+. The van der Waals surface area contributed by atoms with Crippen LogP contribution in [0, 0.1) is 0 Å². The number of amides is 1. The van der Waals surface area contributed by atoms with Crippen molar-refractivity contribution in [2.24, 2.45) is 0 Å². The Morgan fingerprint density at radius 2 is 1.60 bits per heavy atom. The minimum atomic E-state index is -0.593. The van der Waals surface area contributed by atoms with Gasteiger partial charge in [-0.05, 0) is 25.0 Å². The van der Waals surface area contributed by atoms with Gasteiger partial charge in [0.15, 0.2) is 18.1 Å². The molecule has 1 aromatic carbocycles. The molecule has 1 fully saturated rings. The molecular formula is C18H23NO6. The van der Waals surface area contributed by atoms with Gasteiger partial charge in [0.05, 0.1) is 21.3 Å². The predicted molar refractivity (Wildman–Crippen MR) is 91.9 cm³/mol. The van der Waals surface area contributed by atoms with Gasteiger partial charge in [-0.1, -0.05) is 0 Å². The van der Waals surface area contributed by atoms with E-state index < -0.39 is 5.97 Å². The van der Waals surface area contributed by atoms with Crippen LogP contribution in [0.3, 0.4) is 0 Å². The second-order valence-corrected chi connectivity index (χ2v) is 5.48. The molecule has 0 saturated carbocycles. The third kappa shape index (κ3) is 4.89. The van der Waals surface area contributed by atoms with Crippen LogP contribution in [-0.2, 0) is 14.3 Å². The summed E-state index contributed by atoms with van der Waals surface area (Å²) in [7, 11) is 4.57. The average Bonchev–Trinajstić information content (AvgIpc) is 3.18. The van der Waals surface area contributed by atoms with Crippen molar-refractivity contribution >= 4 is 18.0 Å². The maximum Gasteiger partial charge on any atom is 0.331 e. The second kappa shape index (κ2) is 8.96. The molecule has 1 aliphatic rings. The van der Waals surface area contributed by atoms with Gasteiger partial charge in [-0.3, -0.25) is 4.79 Å². The topological polar surface area (TPSA) is 74.3 Å². The van der Waals surface area contributed by atoms with Crippen LogP contribution in [0.1, 0.15) is 18.4 Å². The number of carbonyl (C=O) groups excluding carboxylic acids is 2. The Morgan fingerprint density at radius 1 is 1.00 bits per heavy atom. The molecule has 0 spiro atoms. The number of rotatable bonds is 7. The summed E-state index contributed by atoms with van der Waals surface area (Å²) >= 11 is 0. The first-order chi connectivity index (χ1) is 12.1. The van der Waals surface area contributed by atoms with E-state index in [1.54, 1.807) is 23.1 Å². The van der Waals surface area contributed by atoms with Crippen molar-refractivity contribution in [2.45, 2.75) is 12.8 Å². The summed E-state index contributed by atoms with van der Waals surface area (Å²) in [5.74, 6) is 0.804. The molecule has 7 heteroatoms. The molecule has 0 aromatic heterocycles. The number of hydrogen-bond acceptors (Lipinski definition) is 6. The highest BCUT2D eigenvalue weighted by atomic mass is 16.5. The van der Waals surface area contributed by atoms with Gasteiger partial charge in [-0.2, -0.15) is 0 Å². The van der Waals surface area contributed by atoms with E-state index >= 15 is 0 Å². The summed E-state index contributed by atoms with van der Waals surface area (Å²) in [5, 5.41) is 0. The van der Waals surface area contributed by atoms with Crippen molar-refractivity contribution in [3.8, 4) is 17.2 Å². The highest BCUT2D eigenvalue weighted by Gasteiger charge is 2.18. The van der Waals surface area contributed by atoms with Crippen LogP contribution in [0.5, 0.6) is 17.2 Å². The Morgan fingerprint density at radius 3 is 2.20 bits per heavy atom. The third-order valence-electron chi connectivity index (χ3n) is 3.93. The number of methoxy groups -OCH3 is 3. The average molecular weight is 349 g/mol. The molecule has 0 radical (unpaired) electrons. The number of ether oxygens (including phenoxy) is 4. The van der Waals surface area contributed by atoms with E-state index in [1.165, 1.54) is 27.4 Å². The maximum absolute atomic E-state index is 11.9. The molecule has 7 nitrogen and oxygen atoms in total. The van der Waals surface area contributed by atoms with Gasteiger partial charge >= 0.3 is 5.97 Å². The van der Waals surface area contributed by atoms with E-state index in [0.717, 1.165) is 25.9 Å². The van der Waals surface area contributed by atoms with E-state index in [-0.39, 0.29) is 12.5 Å². The zero-order chi connectivity index (χ0) is 18.2. The fourth-order valence-corrected chi connectivity index (χ4v) is 2.58. The number of benzene rings is 1. The van der Waals surface area contributed by atoms with Crippen molar-refractivity contribution in [3.05, 3.63) is 23.8 Å². The van der Waals surface area contributed by atoms with Crippen LogP contribution in [0.25, 0.3) is 6.08 Å². The zero-order valence-electron chi connectivity index (χ0n) is 14.7. The van der Waals surface area contributed by atoms with Crippen LogP contribution >= 0.6 is 0 Å². The first kappa shape index (κ1) is 18.6. The molecule has 1 aliphatic heterocycles. The number of carbonyl (C=O) groups is 2. The fourth-order valence-electron chi connectivity index (χ4n) is 2.58. The van der Waals surface area contributed by atoms with Crippen molar-refractivity contribution in [1.82, 2.24) is 4.90 Å². The molecule has 0 bridgehead atoms. The van der Waals surface area contributed by atoms with Crippen molar-refractivity contribution < 1.29 is 28.5 Å². The molecule has 1 saturated heterocycles. The van der Waals surface area contributed by atoms with Crippen LogP contribution in [0.4, 0.5) is 0 Å². The normalized spacial score (nSPS) is 13.8. The quantitative estimate of drug-likeness (QED) is 0.553. The van der Waals surface area contributed by atoms with Crippen molar-refractivity contribution in [1.29, 1.82) is 0 Å². The van der Waals surface area contributed by atoms with Gasteiger partial charge in [0, 0.05) is 30.8 Å². The molecule has 2 rings (SSSR count). The van der Waals surface area contributed by atoms with Crippen LogP contribution in [0.2, 0.25) is 0 Å². The Labute approximate surface area is 147 Å². The smallest absolute Gasteiger partial charge is 0.331 e. The number of likely N-dealkylation sites (tertiary alicyclic amines) is 1. The molecule has 1 amide bonds. The van der Waals surface area contributed by atoms with Crippen LogP contribution in [-0.4, -0.2) is 57.8 Å². The summed E-state index contributed by atoms with van der Waals surface area (Å²) in [6, 6.07) is 3.36. The van der Waals surface area contributed by atoms with Crippen LogP contribution < -0.4 is 14.2 Å². The maximum atomic E-state index is 11.9. The summed E-state index contributed by atoms with van der Waals surface area (Å²) in [4.78, 5) is 25.4. The Bertz CT molecular complexity index is 649. The molecule has 0 aliphatic carbocycles. The third-order valence-corrected chi connectivity index (χ3v) is 3.93. The van der Waals surface area contributed by atoms with Gasteiger partial charge in [-0.15, -0.1) is 0 Å². The lowest BCUT2D eigenvalue weighted by Gasteiger charge is -2.14. The monoisotopic (exact) mass is 349 g/mol. The SMILES string of the molecule is COc1cc(OC)c(OC)cc1/C=C/C(=O)OCC(=O)N1CCCC1. The molecule has 136 valence electrons. The number of hydrogen-bond donors (Lipinski definition) is 0. The van der Waals surface area contributed by atoms with Crippen molar-refractivity contribution in [2.75, 3.05) is 41.0 Å². The van der Waals surface area contributed by atoms with Gasteiger partial charge in [0.2, 0.25) is 0 Å². The van der Waals surface area contributed by atoms with Gasteiger partial charge < -0.3 is 23.8 Å². The van der Waals surface area contributed by atoms with E-state index in [1.807, 2.05) is 0 Å². The van der Waals surface area contributed by atoms with E-state index in [2.05, 4.69) is 0 Å². The van der Waals surface area contributed by atoms with E-state index in [9.17, 15) is 9.59 Å². The predicted octanol–water partition coefficient (Wildman–Crippen LogP) is 1.89. The molecular weight excluding hydrogens is 326 g/mol. The number of esters is 1. The molecule has 0 atom stereocenters. The Hall–Kier alpha value is -2.70. The minimum Gasteiger partial charge on any atom is -0.496 e. The van der Waals surface area contributed by atoms with E-state index in [0.29, 0.717) is 22.8 Å². The Balaban J connectivity index is 1.99. The lowest BCUT2D eigenvalue weighted by Crippen LogP contribution is -2.31. The summed E-state index contributed by atoms with van der Waals surface area (Å²) in [6.45, 7) is 1.22. The zero-order valence-corrected chi connectivity index (χ0v) is 14.7. The van der Waals surface area contributed by atoms with Crippen molar-refractivity contribution in [3.63, 3.8) is 0 Å². The molecule has 0 N–H and O–H groups in total. The summed E-state index contributed by atoms with van der Waals surface area (Å²) in [6.07, 6.45) is 4.79. The van der Waals surface area contributed by atoms with Gasteiger partial charge in [0.25, 0.3) is 5.91 Å². The highest BCUT2D eigenvalue weighted by Crippen LogP contribution is 2.35. The first-order valence-electron chi connectivity index (χ1n) is 8.01. The molecule has 0 unspecified atom stereocenters. The highest BCUT2D eigenvalue weighted by molar-refractivity contribution is 5.90. The largest absolute Gasteiger partial charge is 0.496 e. The fraction of sp³-hybridized carbons (Fsp3) is 0.444. The molecule has 25 heavy (non-hydrogen) atoms. The molecule has 1 heterocycles. The minimum absolute atomic E-state index is 0.164.